The molecule has 0 aromatic heterocycles. The van der Waals surface area contributed by atoms with Gasteiger partial charge in [-0.15, -0.1) is 0 Å². The highest BCUT2D eigenvalue weighted by Gasteiger charge is 2.06. The third-order valence-corrected chi connectivity index (χ3v) is 2.60. The zero-order chi connectivity index (χ0) is 14.3. The SMILES string of the molecule is CO.CO[NH2+]c1ccc(-c2ccc(N)cc2[NH3+])cc1. The molecule has 2 aromatic rings. The lowest BCUT2D eigenvalue weighted by atomic mass is 10.0. The summed E-state index contributed by atoms with van der Waals surface area (Å²) in [6.45, 7) is 0. The van der Waals surface area contributed by atoms with E-state index >= 15 is 0 Å². The first-order valence-corrected chi connectivity index (χ1v) is 5.83. The second-order valence-corrected chi connectivity index (χ2v) is 3.89. The smallest absolute Gasteiger partial charge is 0.161 e. The number of aliphatic hydroxyl groups excluding tert-OH is 1. The van der Waals surface area contributed by atoms with E-state index in [2.05, 4.69) is 5.73 Å². The first-order chi connectivity index (χ1) is 9.20. The van der Waals surface area contributed by atoms with E-state index in [1.807, 2.05) is 42.5 Å². The van der Waals surface area contributed by atoms with Gasteiger partial charge in [-0.05, 0) is 29.8 Å². The number of rotatable bonds is 3. The molecule has 0 unspecified atom stereocenters. The fourth-order valence-corrected chi connectivity index (χ4v) is 1.77. The Bertz CT molecular complexity index is 513. The molecule has 5 heteroatoms. The Morgan fingerprint density at radius 1 is 1.11 bits per heavy atom. The Kier molecular flexibility index (Phi) is 5.98. The van der Waals surface area contributed by atoms with Crippen molar-refractivity contribution >= 4 is 17.1 Å². The van der Waals surface area contributed by atoms with Crippen molar-refractivity contribution in [3.63, 3.8) is 0 Å². The normalized spacial score (nSPS) is 9.68. The van der Waals surface area contributed by atoms with E-state index in [1.165, 1.54) is 0 Å². The number of quaternary nitrogens is 2. The molecule has 0 atom stereocenters. The van der Waals surface area contributed by atoms with Crippen molar-refractivity contribution in [1.82, 2.24) is 0 Å². The molecule has 0 aliphatic heterocycles. The van der Waals surface area contributed by atoms with Gasteiger partial charge in [0.1, 0.15) is 5.69 Å². The summed E-state index contributed by atoms with van der Waals surface area (Å²) in [4.78, 5) is 4.96. The van der Waals surface area contributed by atoms with Gasteiger partial charge in [0.2, 0.25) is 0 Å². The van der Waals surface area contributed by atoms with Gasteiger partial charge in [0.25, 0.3) is 0 Å². The van der Waals surface area contributed by atoms with Crippen LogP contribution < -0.4 is 16.9 Å². The van der Waals surface area contributed by atoms with Gasteiger partial charge in [-0.3, -0.25) is 0 Å². The molecule has 0 saturated carbocycles. The molecule has 0 bridgehead atoms. The zero-order valence-electron chi connectivity index (χ0n) is 11.3. The molecule has 0 spiro atoms. The maximum atomic E-state index is 7.00. The summed E-state index contributed by atoms with van der Waals surface area (Å²) in [7, 11) is 2.64. The molecular weight excluding hydrogens is 242 g/mol. The lowest BCUT2D eigenvalue weighted by Gasteiger charge is -2.04. The number of hydrogen-bond donors (Lipinski definition) is 4. The van der Waals surface area contributed by atoms with Crippen molar-refractivity contribution in [3.05, 3.63) is 42.5 Å². The second-order valence-electron chi connectivity index (χ2n) is 3.89. The van der Waals surface area contributed by atoms with Crippen molar-refractivity contribution in [3.8, 4) is 11.1 Å². The third-order valence-electron chi connectivity index (χ3n) is 2.60. The molecule has 102 valence electrons. The maximum absolute atomic E-state index is 7.00. The molecule has 19 heavy (non-hydrogen) atoms. The number of aliphatic hydroxyl groups is 1. The van der Waals surface area contributed by atoms with Crippen LogP contribution >= 0.6 is 0 Å². The van der Waals surface area contributed by atoms with Crippen LogP contribution in [0.1, 0.15) is 0 Å². The molecule has 0 saturated heterocycles. The number of nitrogen functional groups attached to an aromatic ring is 1. The van der Waals surface area contributed by atoms with Crippen molar-refractivity contribution in [2.24, 2.45) is 0 Å². The second kappa shape index (κ2) is 7.50. The number of benzene rings is 2. The Balaban J connectivity index is 0.000000861. The Morgan fingerprint density at radius 2 is 1.74 bits per heavy atom. The van der Waals surface area contributed by atoms with E-state index in [9.17, 15) is 0 Å². The molecule has 0 aliphatic rings. The van der Waals surface area contributed by atoms with Gasteiger partial charge < -0.3 is 16.6 Å². The van der Waals surface area contributed by atoms with Crippen LogP contribution in [0.5, 0.6) is 0 Å². The summed E-state index contributed by atoms with van der Waals surface area (Å²) in [5, 5.41) is 7.00. The predicted octanol–water partition coefficient (Wildman–Crippen LogP) is 0.174. The Morgan fingerprint density at radius 3 is 2.26 bits per heavy atom. The van der Waals surface area contributed by atoms with E-state index in [-0.39, 0.29) is 0 Å². The van der Waals surface area contributed by atoms with E-state index in [0.717, 1.165) is 35.3 Å². The van der Waals surface area contributed by atoms with Crippen LogP contribution in [0.4, 0.5) is 17.1 Å². The highest BCUT2D eigenvalue weighted by molar-refractivity contribution is 5.75. The van der Waals surface area contributed by atoms with Gasteiger partial charge in [0.15, 0.2) is 5.69 Å². The summed E-state index contributed by atoms with van der Waals surface area (Å²) in [5.41, 5.74) is 16.4. The lowest BCUT2D eigenvalue weighted by molar-refractivity contribution is -0.830. The van der Waals surface area contributed by atoms with Crippen LogP contribution in [0.3, 0.4) is 0 Å². The molecular formula is C14H21N3O2+2. The van der Waals surface area contributed by atoms with Gasteiger partial charge in [0, 0.05) is 36.6 Å². The Hall–Kier alpha value is -1.92. The fourth-order valence-electron chi connectivity index (χ4n) is 1.77. The number of hydrogen-bond acceptors (Lipinski definition) is 3. The van der Waals surface area contributed by atoms with Crippen LogP contribution in [0.25, 0.3) is 11.1 Å². The average molecular weight is 263 g/mol. The van der Waals surface area contributed by atoms with Crippen molar-refractivity contribution in [1.29, 1.82) is 0 Å². The molecule has 0 radical (unpaired) electrons. The van der Waals surface area contributed by atoms with Gasteiger partial charge in [-0.1, -0.05) is 0 Å². The molecule has 0 fully saturated rings. The molecule has 5 nitrogen and oxygen atoms in total. The van der Waals surface area contributed by atoms with Crippen molar-refractivity contribution < 1.29 is 21.2 Å². The van der Waals surface area contributed by atoms with E-state index in [0.29, 0.717) is 0 Å². The standard InChI is InChI=1S/C13H15N3O.CH4O/c1-17-16-11-5-2-9(3-6-11)12-7-4-10(14)8-13(12)15;1-2/h2-8,16H,14-15H2,1H3;2H,1H3/p+2. The molecule has 0 aliphatic carbocycles. The van der Waals surface area contributed by atoms with Crippen LogP contribution in [0.2, 0.25) is 0 Å². The molecule has 2 rings (SSSR count). The monoisotopic (exact) mass is 263 g/mol. The topological polar surface area (TPSA) is 99.7 Å². The number of anilines is 1. The summed E-state index contributed by atoms with van der Waals surface area (Å²) in [6.07, 6.45) is 0. The highest BCUT2D eigenvalue weighted by Crippen LogP contribution is 2.26. The minimum Gasteiger partial charge on any atom is -0.400 e. The average Bonchev–Trinajstić information content (AvgIpc) is 2.43. The van der Waals surface area contributed by atoms with Crippen molar-refractivity contribution in [2.75, 3.05) is 20.0 Å². The van der Waals surface area contributed by atoms with Gasteiger partial charge >= 0.3 is 0 Å². The minimum absolute atomic E-state index is 0.739. The minimum atomic E-state index is 0.739. The van der Waals surface area contributed by atoms with Crippen LogP contribution in [-0.2, 0) is 4.84 Å². The molecule has 2 aromatic carbocycles. The van der Waals surface area contributed by atoms with Crippen LogP contribution in [-0.4, -0.2) is 19.3 Å². The van der Waals surface area contributed by atoms with Crippen molar-refractivity contribution in [2.45, 2.75) is 0 Å². The largest absolute Gasteiger partial charge is 0.400 e. The highest BCUT2D eigenvalue weighted by atomic mass is 16.6. The van der Waals surface area contributed by atoms with E-state index in [1.54, 1.807) is 12.6 Å². The number of nitrogens with two attached hydrogens (primary N) is 2. The summed E-state index contributed by atoms with van der Waals surface area (Å²) in [5.74, 6) is 0. The van der Waals surface area contributed by atoms with Crippen LogP contribution in [0, 0.1) is 0 Å². The molecule has 0 amide bonds. The quantitative estimate of drug-likeness (QED) is 0.469. The zero-order valence-corrected chi connectivity index (χ0v) is 11.3. The lowest BCUT2D eigenvalue weighted by Crippen LogP contribution is -2.75. The maximum Gasteiger partial charge on any atom is 0.161 e. The summed E-state index contributed by atoms with van der Waals surface area (Å²) >= 11 is 0. The van der Waals surface area contributed by atoms with E-state index in [4.69, 9.17) is 15.7 Å². The van der Waals surface area contributed by atoms with Gasteiger partial charge in [-0.25, -0.2) is 4.84 Å². The van der Waals surface area contributed by atoms with Gasteiger partial charge in [0.05, 0.1) is 7.11 Å². The summed E-state index contributed by atoms with van der Waals surface area (Å²) < 4.78 is 0. The first kappa shape index (κ1) is 15.1. The molecule has 8 N–H and O–H groups in total. The molecule has 0 heterocycles. The Labute approximate surface area is 112 Å². The summed E-state index contributed by atoms with van der Waals surface area (Å²) in [6, 6.07) is 13.9. The van der Waals surface area contributed by atoms with E-state index < -0.39 is 0 Å². The van der Waals surface area contributed by atoms with Gasteiger partial charge in [-0.2, -0.15) is 5.48 Å². The first-order valence-electron chi connectivity index (χ1n) is 5.83. The van der Waals surface area contributed by atoms with Crippen LogP contribution in [0.15, 0.2) is 42.5 Å². The predicted molar refractivity (Wildman–Crippen MR) is 75.6 cm³/mol. The fraction of sp³-hybridized carbons (Fsp3) is 0.143. The third kappa shape index (κ3) is 4.04.